The number of piperazine rings is 1. The first kappa shape index (κ1) is 12.4. The van der Waals surface area contributed by atoms with Crippen molar-refractivity contribution in [2.75, 3.05) is 33.7 Å². The Kier molecular flexibility index (Phi) is 3.71. The van der Waals surface area contributed by atoms with Gasteiger partial charge in [-0.1, -0.05) is 0 Å². The van der Waals surface area contributed by atoms with Crippen molar-refractivity contribution in [1.29, 1.82) is 0 Å². The second kappa shape index (κ2) is 5.08. The summed E-state index contributed by atoms with van der Waals surface area (Å²) in [6, 6.07) is 1.33. The molecule has 94 valence electrons. The molecule has 1 saturated heterocycles. The van der Waals surface area contributed by atoms with Crippen molar-refractivity contribution in [2.45, 2.75) is 12.1 Å². The van der Waals surface area contributed by atoms with E-state index in [2.05, 4.69) is 14.8 Å². The molecule has 1 aromatic heterocycles. The third kappa shape index (κ3) is 2.80. The van der Waals surface area contributed by atoms with Crippen LogP contribution in [0.4, 0.5) is 4.39 Å². The highest BCUT2D eigenvalue weighted by Crippen LogP contribution is 2.22. The van der Waals surface area contributed by atoms with Crippen molar-refractivity contribution >= 4 is 0 Å². The molecule has 2 rings (SSSR count). The molecule has 0 aromatic carbocycles. The van der Waals surface area contributed by atoms with E-state index >= 15 is 0 Å². The smallest absolute Gasteiger partial charge is 0.141 e. The van der Waals surface area contributed by atoms with Gasteiger partial charge in [-0.25, -0.2) is 4.39 Å². The molecule has 1 fully saturated rings. The molecule has 5 heteroatoms. The molecular formula is C12H18FN3O. The highest BCUT2D eigenvalue weighted by atomic mass is 19.1. The molecule has 0 radical (unpaired) electrons. The Morgan fingerprint density at radius 2 is 2.18 bits per heavy atom. The molecule has 17 heavy (non-hydrogen) atoms. The van der Waals surface area contributed by atoms with Gasteiger partial charge in [0.2, 0.25) is 0 Å². The highest BCUT2D eigenvalue weighted by molar-refractivity contribution is 5.15. The van der Waals surface area contributed by atoms with Crippen LogP contribution in [0.3, 0.4) is 0 Å². The van der Waals surface area contributed by atoms with E-state index in [1.807, 2.05) is 14.1 Å². The summed E-state index contributed by atoms with van der Waals surface area (Å²) < 4.78 is 13.1. The third-order valence-corrected chi connectivity index (χ3v) is 3.33. The second-order valence-corrected chi connectivity index (χ2v) is 4.69. The SMILES string of the molecule is CN1CCN(C)C(C(O)c2cncc(F)c2)C1. The van der Waals surface area contributed by atoms with Crippen molar-refractivity contribution in [1.82, 2.24) is 14.8 Å². The predicted octanol–water partition coefficient (Wildman–Crippen LogP) is 0.500. The van der Waals surface area contributed by atoms with Crippen molar-refractivity contribution in [3.8, 4) is 0 Å². The van der Waals surface area contributed by atoms with E-state index in [-0.39, 0.29) is 6.04 Å². The first-order valence-electron chi connectivity index (χ1n) is 5.75. The molecule has 1 aromatic rings. The van der Waals surface area contributed by atoms with Crippen molar-refractivity contribution in [3.05, 3.63) is 29.8 Å². The summed E-state index contributed by atoms with van der Waals surface area (Å²) >= 11 is 0. The van der Waals surface area contributed by atoms with Gasteiger partial charge in [-0.2, -0.15) is 0 Å². The highest BCUT2D eigenvalue weighted by Gasteiger charge is 2.29. The summed E-state index contributed by atoms with van der Waals surface area (Å²) in [6.45, 7) is 2.66. The quantitative estimate of drug-likeness (QED) is 0.816. The number of pyridine rings is 1. The summed E-state index contributed by atoms with van der Waals surface area (Å²) in [4.78, 5) is 8.05. The lowest BCUT2D eigenvalue weighted by Gasteiger charge is -2.40. The maximum atomic E-state index is 13.1. The van der Waals surface area contributed by atoms with E-state index < -0.39 is 11.9 Å². The monoisotopic (exact) mass is 239 g/mol. The number of aliphatic hydroxyl groups excluding tert-OH is 1. The number of aliphatic hydroxyl groups is 1. The number of hydrogen-bond acceptors (Lipinski definition) is 4. The van der Waals surface area contributed by atoms with E-state index in [0.29, 0.717) is 5.56 Å². The molecule has 2 atom stereocenters. The summed E-state index contributed by atoms with van der Waals surface area (Å²) in [5.74, 6) is -0.409. The van der Waals surface area contributed by atoms with Gasteiger partial charge in [0.25, 0.3) is 0 Å². The molecule has 4 nitrogen and oxygen atoms in total. The lowest BCUT2D eigenvalue weighted by molar-refractivity contribution is 0.0135. The van der Waals surface area contributed by atoms with Gasteiger partial charge >= 0.3 is 0 Å². The van der Waals surface area contributed by atoms with Crippen LogP contribution in [0, 0.1) is 5.82 Å². The van der Waals surface area contributed by atoms with Gasteiger partial charge in [0.15, 0.2) is 0 Å². The van der Waals surface area contributed by atoms with E-state index in [1.54, 1.807) is 0 Å². The van der Waals surface area contributed by atoms with Crippen molar-refractivity contribution in [3.63, 3.8) is 0 Å². The van der Waals surface area contributed by atoms with Crippen molar-refractivity contribution in [2.24, 2.45) is 0 Å². The van der Waals surface area contributed by atoms with Gasteiger partial charge in [-0.15, -0.1) is 0 Å². The molecule has 1 aliphatic rings. The minimum atomic E-state index is -0.703. The van der Waals surface area contributed by atoms with Crippen LogP contribution in [0.15, 0.2) is 18.5 Å². The fraction of sp³-hybridized carbons (Fsp3) is 0.583. The molecule has 2 unspecified atom stereocenters. The zero-order chi connectivity index (χ0) is 12.4. The number of halogens is 1. The van der Waals surface area contributed by atoms with E-state index in [1.165, 1.54) is 12.3 Å². The van der Waals surface area contributed by atoms with Gasteiger partial charge in [-0.3, -0.25) is 9.88 Å². The molecule has 0 spiro atoms. The van der Waals surface area contributed by atoms with Gasteiger partial charge in [0, 0.05) is 31.4 Å². The minimum absolute atomic E-state index is 0.0163. The average Bonchev–Trinajstić information content (AvgIpc) is 2.31. The molecular weight excluding hydrogens is 221 g/mol. The number of nitrogens with zero attached hydrogens (tertiary/aromatic N) is 3. The topological polar surface area (TPSA) is 39.6 Å². The van der Waals surface area contributed by atoms with Crippen LogP contribution in [0.25, 0.3) is 0 Å². The summed E-state index contributed by atoms with van der Waals surface area (Å²) in [5.41, 5.74) is 0.539. The number of rotatable bonds is 2. The van der Waals surface area contributed by atoms with Gasteiger partial charge in [-0.05, 0) is 20.2 Å². The summed E-state index contributed by atoms with van der Waals surface area (Å²) in [6.07, 6.45) is 1.97. The molecule has 0 bridgehead atoms. The van der Waals surface area contributed by atoms with E-state index in [9.17, 15) is 9.50 Å². The van der Waals surface area contributed by atoms with Crippen LogP contribution in [-0.2, 0) is 0 Å². The van der Waals surface area contributed by atoms with E-state index in [4.69, 9.17) is 0 Å². The number of aromatic nitrogens is 1. The normalized spacial score (nSPS) is 24.8. The number of hydrogen-bond donors (Lipinski definition) is 1. The maximum absolute atomic E-state index is 13.1. The van der Waals surface area contributed by atoms with Crippen molar-refractivity contribution < 1.29 is 9.50 Å². The number of likely N-dealkylation sites (N-methyl/N-ethyl adjacent to an activating group) is 2. The maximum Gasteiger partial charge on any atom is 0.141 e. The Morgan fingerprint density at radius 1 is 1.41 bits per heavy atom. The van der Waals surface area contributed by atoms with E-state index in [0.717, 1.165) is 25.8 Å². The van der Waals surface area contributed by atoms with Crippen LogP contribution in [0.1, 0.15) is 11.7 Å². The minimum Gasteiger partial charge on any atom is -0.387 e. The fourth-order valence-corrected chi connectivity index (χ4v) is 2.20. The Hall–Kier alpha value is -1.04. The second-order valence-electron chi connectivity index (χ2n) is 4.69. The summed E-state index contributed by atoms with van der Waals surface area (Å²) in [5, 5.41) is 10.3. The molecule has 0 amide bonds. The molecule has 0 saturated carbocycles. The largest absolute Gasteiger partial charge is 0.387 e. The van der Waals surface area contributed by atoms with Crippen LogP contribution < -0.4 is 0 Å². The predicted molar refractivity (Wildman–Crippen MR) is 63.1 cm³/mol. The Balaban J connectivity index is 2.15. The zero-order valence-electron chi connectivity index (χ0n) is 10.2. The first-order chi connectivity index (χ1) is 8.08. The van der Waals surface area contributed by atoms with Gasteiger partial charge < -0.3 is 10.0 Å². The molecule has 1 N–H and O–H groups in total. The fourth-order valence-electron chi connectivity index (χ4n) is 2.20. The zero-order valence-corrected chi connectivity index (χ0v) is 10.2. The van der Waals surface area contributed by atoms with Gasteiger partial charge in [0.05, 0.1) is 18.3 Å². The lowest BCUT2D eigenvalue weighted by Crippen LogP contribution is -2.52. The van der Waals surface area contributed by atoms with Gasteiger partial charge in [0.1, 0.15) is 5.82 Å². The third-order valence-electron chi connectivity index (χ3n) is 3.33. The first-order valence-corrected chi connectivity index (χ1v) is 5.75. The average molecular weight is 239 g/mol. The van der Waals surface area contributed by atoms with Crippen LogP contribution in [0.2, 0.25) is 0 Å². The van der Waals surface area contributed by atoms with Crippen LogP contribution >= 0.6 is 0 Å². The Labute approximate surface area is 101 Å². The summed E-state index contributed by atoms with van der Waals surface area (Å²) in [7, 11) is 4.00. The Bertz CT molecular complexity index is 388. The Morgan fingerprint density at radius 3 is 2.88 bits per heavy atom. The van der Waals surface area contributed by atoms with Crippen LogP contribution in [-0.4, -0.2) is 59.7 Å². The molecule has 1 aliphatic heterocycles. The standard InChI is InChI=1S/C12H18FN3O/c1-15-3-4-16(2)11(8-15)12(17)9-5-10(13)7-14-6-9/h5-7,11-12,17H,3-4,8H2,1-2H3. The lowest BCUT2D eigenvalue weighted by atomic mass is 10.0. The molecule has 2 heterocycles. The molecule has 0 aliphatic carbocycles. The van der Waals surface area contributed by atoms with Crippen LogP contribution in [0.5, 0.6) is 0 Å².